The minimum atomic E-state index is -0.415. The number of hydrogen-bond donors (Lipinski definition) is 2. The molecule has 0 unspecified atom stereocenters. The van der Waals surface area contributed by atoms with E-state index in [1.54, 1.807) is 0 Å². The van der Waals surface area contributed by atoms with Gasteiger partial charge < -0.3 is 10.4 Å². The Hall–Kier alpha value is 0.270. The van der Waals surface area contributed by atoms with Crippen molar-refractivity contribution in [1.29, 1.82) is 0 Å². The van der Waals surface area contributed by atoms with E-state index < -0.39 is 5.60 Å². The lowest BCUT2D eigenvalue weighted by atomic mass is 10.0. The standard InChI is InChI=1S/C10H21NOS/c1-3-10(12,4-2)8-13-7-9-5-11-6-9/h9,11-12H,3-8H2,1-2H3. The quantitative estimate of drug-likeness (QED) is 0.686. The van der Waals surface area contributed by atoms with Gasteiger partial charge in [0, 0.05) is 5.75 Å². The minimum Gasteiger partial charge on any atom is -0.389 e. The molecule has 0 aromatic rings. The first-order valence-corrected chi connectivity index (χ1v) is 6.36. The highest BCUT2D eigenvalue weighted by Crippen LogP contribution is 2.23. The fourth-order valence-electron chi connectivity index (χ4n) is 1.34. The zero-order valence-corrected chi connectivity index (χ0v) is 9.49. The molecule has 0 aromatic carbocycles. The Kier molecular flexibility index (Phi) is 4.56. The lowest BCUT2D eigenvalue weighted by molar-refractivity contribution is 0.0571. The molecule has 0 amide bonds. The molecule has 78 valence electrons. The second kappa shape index (κ2) is 5.23. The van der Waals surface area contributed by atoms with Crippen LogP contribution in [-0.2, 0) is 0 Å². The predicted octanol–water partition coefficient (Wildman–Crippen LogP) is 1.49. The SMILES string of the molecule is CCC(O)(CC)CSCC1CNC1. The zero-order valence-electron chi connectivity index (χ0n) is 8.68. The molecule has 1 heterocycles. The lowest BCUT2D eigenvalue weighted by Crippen LogP contribution is -2.43. The van der Waals surface area contributed by atoms with E-state index in [1.165, 1.54) is 18.8 Å². The lowest BCUT2D eigenvalue weighted by Gasteiger charge is -2.29. The molecule has 2 N–H and O–H groups in total. The Morgan fingerprint density at radius 1 is 1.38 bits per heavy atom. The van der Waals surface area contributed by atoms with Gasteiger partial charge in [0.25, 0.3) is 0 Å². The largest absolute Gasteiger partial charge is 0.389 e. The average Bonchev–Trinajstić information content (AvgIpc) is 2.09. The van der Waals surface area contributed by atoms with Crippen LogP contribution in [0.1, 0.15) is 26.7 Å². The summed E-state index contributed by atoms with van der Waals surface area (Å²) in [7, 11) is 0. The number of thioether (sulfide) groups is 1. The molecule has 13 heavy (non-hydrogen) atoms. The van der Waals surface area contributed by atoms with Crippen LogP contribution in [0.2, 0.25) is 0 Å². The first kappa shape index (κ1) is 11.3. The highest BCUT2D eigenvalue weighted by Gasteiger charge is 2.23. The Morgan fingerprint density at radius 3 is 2.38 bits per heavy atom. The van der Waals surface area contributed by atoms with Crippen molar-refractivity contribution in [2.24, 2.45) is 5.92 Å². The maximum atomic E-state index is 10.00. The summed E-state index contributed by atoms with van der Waals surface area (Å²) in [6.45, 7) is 6.47. The van der Waals surface area contributed by atoms with Gasteiger partial charge in [-0.15, -0.1) is 0 Å². The first-order valence-electron chi connectivity index (χ1n) is 5.21. The molecule has 2 nitrogen and oxygen atoms in total. The van der Waals surface area contributed by atoms with Crippen LogP contribution < -0.4 is 5.32 Å². The van der Waals surface area contributed by atoms with Crippen LogP contribution in [0.3, 0.4) is 0 Å². The van der Waals surface area contributed by atoms with Gasteiger partial charge in [0.15, 0.2) is 0 Å². The van der Waals surface area contributed by atoms with Gasteiger partial charge in [-0.25, -0.2) is 0 Å². The molecule has 1 aliphatic rings. The van der Waals surface area contributed by atoms with Gasteiger partial charge in [0.2, 0.25) is 0 Å². The topological polar surface area (TPSA) is 32.3 Å². The molecular formula is C10H21NOS. The van der Waals surface area contributed by atoms with Crippen molar-refractivity contribution in [2.75, 3.05) is 24.6 Å². The molecule has 0 aromatic heterocycles. The summed E-state index contributed by atoms with van der Waals surface area (Å²) in [5.74, 6) is 2.95. The highest BCUT2D eigenvalue weighted by atomic mass is 32.2. The van der Waals surface area contributed by atoms with Crippen LogP contribution in [0, 0.1) is 5.92 Å². The third-order valence-corrected chi connectivity index (χ3v) is 4.36. The molecule has 3 heteroatoms. The molecule has 0 aliphatic carbocycles. The van der Waals surface area contributed by atoms with Crippen molar-refractivity contribution in [2.45, 2.75) is 32.3 Å². The third-order valence-electron chi connectivity index (χ3n) is 2.91. The Balaban J connectivity index is 2.08. The van der Waals surface area contributed by atoms with E-state index in [2.05, 4.69) is 19.2 Å². The van der Waals surface area contributed by atoms with Crippen molar-refractivity contribution in [3.8, 4) is 0 Å². The van der Waals surface area contributed by atoms with Crippen LogP contribution in [0.5, 0.6) is 0 Å². The number of rotatable bonds is 6. The van der Waals surface area contributed by atoms with Crippen LogP contribution in [0.4, 0.5) is 0 Å². The normalized spacial score (nSPS) is 18.7. The summed E-state index contributed by atoms with van der Waals surface area (Å²) < 4.78 is 0. The third kappa shape index (κ3) is 3.49. The molecule has 0 saturated carbocycles. The van der Waals surface area contributed by atoms with Crippen molar-refractivity contribution < 1.29 is 5.11 Å². The van der Waals surface area contributed by atoms with E-state index in [-0.39, 0.29) is 0 Å². The van der Waals surface area contributed by atoms with Crippen LogP contribution in [0.25, 0.3) is 0 Å². The molecule has 1 fully saturated rings. The fraction of sp³-hybridized carbons (Fsp3) is 1.00. The molecule has 0 radical (unpaired) electrons. The van der Waals surface area contributed by atoms with E-state index in [9.17, 15) is 5.11 Å². The van der Waals surface area contributed by atoms with E-state index >= 15 is 0 Å². The number of nitrogens with one attached hydrogen (secondary N) is 1. The zero-order chi connectivity index (χ0) is 9.73. The van der Waals surface area contributed by atoms with Gasteiger partial charge in [-0.2, -0.15) is 11.8 Å². The van der Waals surface area contributed by atoms with Crippen LogP contribution in [-0.4, -0.2) is 35.3 Å². The number of hydrogen-bond acceptors (Lipinski definition) is 3. The molecule has 1 rings (SSSR count). The second-order valence-electron chi connectivity index (χ2n) is 3.97. The Bertz CT molecular complexity index is 144. The summed E-state index contributed by atoms with van der Waals surface area (Å²) in [6.07, 6.45) is 1.75. The first-order chi connectivity index (χ1) is 6.20. The van der Waals surface area contributed by atoms with Crippen molar-refractivity contribution in [3.63, 3.8) is 0 Å². The summed E-state index contributed by atoms with van der Waals surface area (Å²) >= 11 is 1.90. The Labute approximate surface area is 85.5 Å². The van der Waals surface area contributed by atoms with E-state index in [4.69, 9.17) is 0 Å². The number of aliphatic hydroxyl groups is 1. The molecular weight excluding hydrogens is 182 g/mol. The van der Waals surface area contributed by atoms with Crippen LogP contribution >= 0.6 is 11.8 Å². The second-order valence-corrected chi connectivity index (χ2v) is 5.00. The van der Waals surface area contributed by atoms with Crippen molar-refractivity contribution in [3.05, 3.63) is 0 Å². The van der Waals surface area contributed by atoms with Crippen molar-refractivity contribution >= 4 is 11.8 Å². The fourth-order valence-corrected chi connectivity index (χ4v) is 2.81. The van der Waals surface area contributed by atoms with E-state index in [0.29, 0.717) is 0 Å². The van der Waals surface area contributed by atoms with Crippen LogP contribution in [0.15, 0.2) is 0 Å². The maximum absolute atomic E-state index is 10.00. The molecule has 0 bridgehead atoms. The van der Waals surface area contributed by atoms with E-state index in [1.807, 2.05) is 11.8 Å². The monoisotopic (exact) mass is 203 g/mol. The summed E-state index contributed by atoms with van der Waals surface area (Å²) in [4.78, 5) is 0. The van der Waals surface area contributed by atoms with Gasteiger partial charge in [-0.1, -0.05) is 13.8 Å². The Morgan fingerprint density at radius 2 is 2.00 bits per heavy atom. The summed E-state index contributed by atoms with van der Waals surface area (Å²) in [5.41, 5.74) is -0.415. The molecule has 1 saturated heterocycles. The van der Waals surface area contributed by atoms with Gasteiger partial charge >= 0.3 is 0 Å². The highest BCUT2D eigenvalue weighted by molar-refractivity contribution is 7.99. The van der Waals surface area contributed by atoms with E-state index in [0.717, 1.165) is 24.5 Å². The van der Waals surface area contributed by atoms with Crippen molar-refractivity contribution in [1.82, 2.24) is 5.32 Å². The van der Waals surface area contributed by atoms with Gasteiger partial charge in [-0.3, -0.25) is 0 Å². The summed E-state index contributed by atoms with van der Waals surface area (Å²) in [6, 6.07) is 0. The molecule has 0 spiro atoms. The molecule has 1 aliphatic heterocycles. The predicted molar refractivity (Wildman–Crippen MR) is 59.2 cm³/mol. The average molecular weight is 203 g/mol. The maximum Gasteiger partial charge on any atom is 0.0732 e. The molecule has 0 atom stereocenters. The van der Waals surface area contributed by atoms with Gasteiger partial charge in [0.05, 0.1) is 5.60 Å². The smallest absolute Gasteiger partial charge is 0.0732 e. The summed E-state index contributed by atoms with van der Waals surface area (Å²) in [5, 5.41) is 13.3. The van der Waals surface area contributed by atoms with Gasteiger partial charge in [-0.05, 0) is 37.6 Å². The minimum absolute atomic E-state index is 0.415. The van der Waals surface area contributed by atoms with Gasteiger partial charge in [0.1, 0.15) is 0 Å².